The van der Waals surface area contributed by atoms with Gasteiger partial charge in [0, 0.05) is 7.05 Å². The van der Waals surface area contributed by atoms with Crippen molar-refractivity contribution in [3.63, 3.8) is 0 Å². The number of rotatable bonds is 1. The zero-order chi connectivity index (χ0) is 10.3. The van der Waals surface area contributed by atoms with E-state index in [4.69, 9.17) is 11.6 Å². The van der Waals surface area contributed by atoms with Gasteiger partial charge in [-0.25, -0.2) is 14.6 Å². The molecule has 2 aromatic rings. The Morgan fingerprint density at radius 1 is 1.43 bits per heavy atom. The van der Waals surface area contributed by atoms with E-state index in [0.717, 1.165) is 5.69 Å². The molecule has 0 aliphatic carbocycles. The van der Waals surface area contributed by atoms with Gasteiger partial charge >= 0.3 is 0 Å². The lowest BCUT2D eigenvalue weighted by Gasteiger charge is -2.00. The van der Waals surface area contributed by atoms with Crippen molar-refractivity contribution in [3.05, 3.63) is 18.3 Å². The molecule has 14 heavy (non-hydrogen) atoms. The molecular formula is C8H12N6. The van der Waals surface area contributed by atoms with Crippen LogP contribution in [0.3, 0.4) is 0 Å². The van der Waals surface area contributed by atoms with E-state index in [2.05, 4.69) is 9.97 Å². The molecule has 2 aromatic heterocycles. The van der Waals surface area contributed by atoms with Crippen molar-refractivity contribution < 1.29 is 0 Å². The molecule has 4 N–H and O–H groups in total. The highest BCUT2D eigenvalue weighted by Gasteiger charge is 2.14. The molecule has 2 rings (SSSR count). The molecule has 2 heterocycles. The maximum absolute atomic E-state index is 5.80. The molecule has 74 valence electrons. The number of nitrogen functional groups attached to an aromatic ring is 2. The summed E-state index contributed by atoms with van der Waals surface area (Å²) in [5.41, 5.74) is 7.33. The summed E-state index contributed by atoms with van der Waals surface area (Å²) in [5, 5.41) is 0. The average Bonchev–Trinajstić information content (AvgIpc) is 2.66. The van der Waals surface area contributed by atoms with E-state index in [-0.39, 0.29) is 0 Å². The Balaban J connectivity index is 2.63. The fraction of sp³-hybridized carbons (Fsp3) is 0.250. The van der Waals surface area contributed by atoms with Crippen LogP contribution >= 0.6 is 0 Å². The second-order valence-electron chi connectivity index (χ2n) is 3.15. The third kappa shape index (κ3) is 1.04. The minimum Gasteiger partial charge on any atom is -0.382 e. The molecule has 0 amide bonds. The van der Waals surface area contributed by atoms with Gasteiger partial charge < -0.3 is 16.1 Å². The van der Waals surface area contributed by atoms with Crippen LogP contribution in [0, 0.1) is 6.92 Å². The number of hydrogen-bond acceptors (Lipinski definition) is 4. The zero-order valence-corrected chi connectivity index (χ0v) is 8.10. The molecular weight excluding hydrogens is 180 g/mol. The normalized spacial score (nSPS) is 10.7. The van der Waals surface area contributed by atoms with Crippen molar-refractivity contribution in [2.45, 2.75) is 6.92 Å². The van der Waals surface area contributed by atoms with E-state index < -0.39 is 0 Å². The van der Waals surface area contributed by atoms with Crippen LogP contribution in [0.15, 0.2) is 12.5 Å². The molecule has 0 spiro atoms. The molecule has 0 radical (unpaired) electrons. The van der Waals surface area contributed by atoms with Gasteiger partial charge in [-0.2, -0.15) is 0 Å². The van der Waals surface area contributed by atoms with Crippen molar-refractivity contribution in [1.29, 1.82) is 0 Å². The molecule has 0 bridgehead atoms. The molecule has 0 unspecified atom stereocenters. The third-order valence-corrected chi connectivity index (χ3v) is 2.18. The van der Waals surface area contributed by atoms with Crippen molar-refractivity contribution in [2.24, 2.45) is 7.05 Å². The average molecular weight is 192 g/mol. The SMILES string of the molecule is Cc1nc(-c2cncn2C)c(N)n1N. The van der Waals surface area contributed by atoms with Gasteiger partial charge in [0.15, 0.2) is 5.82 Å². The van der Waals surface area contributed by atoms with Crippen molar-refractivity contribution in [1.82, 2.24) is 19.2 Å². The smallest absolute Gasteiger partial charge is 0.152 e. The van der Waals surface area contributed by atoms with Gasteiger partial charge in [-0.3, -0.25) is 0 Å². The molecule has 6 heteroatoms. The molecule has 0 atom stereocenters. The summed E-state index contributed by atoms with van der Waals surface area (Å²) >= 11 is 0. The largest absolute Gasteiger partial charge is 0.382 e. The van der Waals surface area contributed by atoms with Crippen LogP contribution in [0.5, 0.6) is 0 Å². The predicted molar refractivity (Wildman–Crippen MR) is 53.7 cm³/mol. The van der Waals surface area contributed by atoms with Crippen LogP contribution in [0.2, 0.25) is 0 Å². The molecule has 0 fully saturated rings. The molecule has 0 saturated heterocycles. The Kier molecular flexibility index (Phi) is 1.70. The second kappa shape index (κ2) is 2.76. The van der Waals surface area contributed by atoms with Gasteiger partial charge in [-0.05, 0) is 6.92 Å². The van der Waals surface area contributed by atoms with Crippen LogP contribution in [-0.2, 0) is 7.05 Å². The summed E-state index contributed by atoms with van der Waals surface area (Å²) in [4.78, 5) is 8.26. The summed E-state index contributed by atoms with van der Waals surface area (Å²) in [7, 11) is 1.88. The highest BCUT2D eigenvalue weighted by molar-refractivity contribution is 5.67. The molecule has 6 nitrogen and oxygen atoms in total. The van der Waals surface area contributed by atoms with E-state index in [1.165, 1.54) is 4.68 Å². The van der Waals surface area contributed by atoms with Crippen molar-refractivity contribution >= 4 is 5.82 Å². The fourth-order valence-corrected chi connectivity index (χ4v) is 1.34. The first-order valence-corrected chi connectivity index (χ1v) is 4.18. The van der Waals surface area contributed by atoms with Crippen LogP contribution < -0.4 is 11.6 Å². The van der Waals surface area contributed by atoms with E-state index >= 15 is 0 Å². The minimum absolute atomic E-state index is 0.450. The first-order chi connectivity index (χ1) is 6.61. The summed E-state index contributed by atoms with van der Waals surface area (Å²) in [6, 6.07) is 0. The summed E-state index contributed by atoms with van der Waals surface area (Å²) in [6.07, 6.45) is 3.40. The van der Waals surface area contributed by atoms with E-state index in [1.54, 1.807) is 19.4 Å². The second-order valence-corrected chi connectivity index (χ2v) is 3.15. The van der Waals surface area contributed by atoms with Gasteiger partial charge in [0.2, 0.25) is 0 Å². The molecule has 0 aromatic carbocycles. The third-order valence-electron chi connectivity index (χ3n) is 2.18. The molecule has 0 aliphatic heterocycles. The van der Waals surface area contributed by atoms with E-state index in [0.29, 0.717) is 17.3 Å². The Hall–Kier alpha value is -1.98. The van der Waals surface area contributed by atoms with Gasteiger partial charge in [-0.1, -0.05) is 0 Å². The number of aromatic nitrogens is 4. The Morgan fingerprint density at radius 2 is 2.14 bits per heavy atom. The van der Waals surface area contributed by atoms with Crippen LogP contribution in [0.4, 0.5) is 5.82 Å². The highest BCUT2D eigenvalue weighted by Crippen LogP contribution is 2.23. The molecule has 0 saturated carbocycles. The number of aryl methyl sites for hydroxylation is 2. The number of imidazole rings is 2. The lowest BCUT2D eigenvalue weighted by molar-refractivity contribution is 0.917. The van der Waals surface area contributed by atoms with E-state index in [9.17, 15) is 0 Å². The predicted octanol–water partition coefficient (Wildman–Crippen LogP) is -0.112. The maximum Gasteiger partial charge on any atom is 0.152 e. The number of nitrogens with zero attached hydrogens (tertiary/aromatic N) is 4. The van der Waals surface area contributed by atoms with Crippen LogP contribution in [-0.4, -0.2) is 19.2 Å². The molecule has 0 aliphatic rings. The Labute approximate surface area is 81.1 Å². The lowest BCUT2D eigenvalue weighted by Crippen LogP contribution is -2.13. The van der Waals surface area contributed by atoms with Crippen LogP contribution in [0.1, 0.15) is 5.82 Å². The number of nitrogens with two attached hydrogens (primary N) is 2. The van der Waals surface area contributed by atoms with Crippen molar-refractivity contribution in [2.75, 3.05) is 11.6 Å². The van der Waals surface area contributed by atoms with Crippen LogP contribution in [0.25, 0.3) is 11.4 Å². The van der Waals surface area contributed by atoms with Gasteiger partial charge in [0.1, 0.15) is 11.5 Å². The lowest BCUT2D eigenvalue weighted by atomic mass is 10.3. The maximum atomic E-state index is 5.80. The Morgan fingerprint density at radius 3 is 2.57 bits per heavy atom. The van der Waals surface area contributed by atoms with Gasteiger partial charge in [0.25, 0.3) is 0 Å². The standard InChI is InChI=1S/C8H12N6/c1-5-12-7(8(9)14(5)10)6-3-11-4-13(6)2/h3-4H,9-10H2,1-2H3. The zero-order valence-electron chi connectivity index (χ0n) is 8.10. The topological polar surface area (TPSA) is 87.7 Å². The highest BCUT2D eigenvalue weighted by atomic mass is 15.4. The van der Waals surface area contributed by atoms with Crippen molar-refractivity contribution in [3.8, 4) is 11.4 Å². The monoisotopic (exact) mass is 192 g/mol. The first-order valence-electron chi connectivity index (χ1n) is 4.18. The fourth-order valence-electron chi connectivity index (χ4n) is 1.34. The summed E-state index contributed by atoms with van der Waals surface area (Å²) in [5.74, 6) is 6.79. The summed E-state index contributed by atoms with van der Waals surface area (Å²) in [6.45, 7) is 1.80. The number of anilines is 1. The number of hydrogen-bond donors (Lipinski definition) is 2. The summed E-state index contributed by atoms with van der Waals surface area (Å²) < 4.78 is 3.21. The quantitative estimate of drug-likeness (QED) is 0.617. The Bertz CT molecular complexity index is 466. The van der Waals surface area contributed by atoms with Gasteiger partial charge in [-0.15, -0.1) is 0 Å². The first kappa shape index (κ1) is 8.61. The minimum atomic E-state index is 0.450. The van der Waals surface area contributed by atoms with E-state index in [1.807, 2.05) is 11.6 Å². The van der Waals surface area contributed by atoms with Gasteiger partial charge in [0.05, 0.1) is 18.2 Å².